The van der Waals surface area contributed by atoms with Gasteiger partial charge in [0.15, 0.2) is 0 Å². The lowest BCUT2D eigenvalue weighted by Gasteiger charge is -2.12. The summed E-state index contributed by atoms with van der Waals surface area (Å²) in [5, 5.41) is 0.765. The van der Waals surface area contributed by atoms with E-state index < -0.39 is 0 Å². The van der Waals surface area contributed by atoms with E-state index in [2.05, 4.69) is 9.97 Å². The van der Waals surface area contributed by atoms with Gasteiger partial charge in [0.1, 0.15) is 5.03 Å². The summed E-state index contributed by atoms with van der Waals surface area (Å²) in [7, 11) is 3.42. The average molecular weight is 274 g/mol. The Kier molecular flexibility index (Phi) is 4.01. The minimum atomic E-state index is -0.0669. The molecule has 0 aliphatic heterocycles. The van der Waals surface area contributed by atoms with Crippen molar-refractivity contribution in [3.63, 3.8) is 0 Å². The van der Waals surface area contributed by atoms with E-state index in [1.807, 2.05) is 6.07 Å². The highest BCUT2D eigenvalue weighted by atomic mass is 32.2. The van der Waals surface area contributed by atoms with Crippen molar-refractivity contribution in [3.05, 3.63) is 42.4 Å². The van der Waals surface area contributed by atoms with Crippen LogP contribution in [0.25, 0.3) is 0 Å². The maximum Gasteiger partial charge on any atom is 0.253 e. The molecule has 2 rings (SSSR count). The van der Waals surface area contributed by atoms with Gasteiger partial charge in [-0.2, -0.15) is 0 Å². The van der Waals surface area contributed by atoms with Crippen molar-refractivity contribution in [2.45, 2.75) is 9.92 Å². The lowest BCUT2D eigenvalue weighted by Crippen LogP contribution is -2.21. The summed E-state index contributed by atoms with van der Waals surface area (Å²) in [6.45, 7) is 0. The number of anilines is 1. The van der Waals surface area contributed by atoms with Crippen molar-refractivity contribution in [2.24, 2.45) is 0 Å². The van der Waals surface area contributed by atoms with Gasteiger partial charge in [0.05, 0.1) is 6.20 Å². The van der Waals surface area contributed by atoms with E-state index in [1.165, 1.54) is 16.7 Å². The zero-order valence-electron chi connectivity index (χ0n) is 10.7. The highest BCUT2D eigenvalue weighted by molar-refractivity contribution is 7.99. The Morgan fingerprint density at radius 1 is 1.32 bits per heavy atom. The van der Waals surface area contributed by atoms with Gasteiger partial charge in [-0.3, -0.25) is 9.78 Å². The Bertz CT molecular complexity index is 586. The van der Waals surface area contributed by atoms with E-state index in [1.54, 1.807) is 44.8 Å². The lowest BCUT2D eigenvalue weighted by atomic mass is 10.2. The Balaban J connectivity index is 2.23. The second kappa shape index (κ2) is 5.71. The SMILES string of the molecule is CN(C)C(=O)c1ccc(Sc2cnccn2)c(N)c1. The number of rotatable bonds is 3. The molecule has 98 valence electrons. The van der Waals surface area contributed by atoms with Crippen LogP contribution in [0.4, 0.5) is 5.69 Å². The molecule has 0 saturated heterocycles. The number of carbonyl (C=O) groups is 1. The molecule has 0 radical (unpaired) electrons. The molecular formula is C13H14N4OS. The van der Waals surface area contributed by atoms with Crippen LogP contribution in [0, 0.1) is 0 Å². The first-order chi connectivity index (χ1) is 9.08. The number of hydrogen-bond acceptors (Lipinski definition) is 5. The zero-order chi connectivity index (χ0) is 13.8. The predicted octanol–water partition coefficient (Wildman–Crippen LogP) is 1.91. The Morgan fingerprint density at radius 3 is 2.68 bits per heavy atom. The van der Waals surface area contributed by atoms with Gasteiger partial charge in [-0.1, -0.05) is 11.8 Å². The number of nitrogens with two attached hydrogens (primary N) is 1. The Labute approximate surface area is 115 Å². The van der Waals surface area contributed by atoms with Crippen LogP contribution in [0.3, 0.4) is 0 Å². The second-order valence-electron chi connectivity index (χ2n) is 4.10. The summed E-state index contributed by atoms with van der Waals surface area (Å²) in [6.07, 6.45) is 4.91. The topological polar surface area (TPSA) is 72.1 Å². The fourth-order valence-corrected chi connectivity index (χ4v) is 2.25. The molecule has 1 aromatic heterocycles. The molecular weight excluding hydrogens is 260 g/mol. The summed E-state index contributed by atoms with van der Waals surface area (Å²) in [5.41, 5.74) is 7.10. The molecule has 0 spiro atoms. The largest absolute Gasteiger partial charge is 0.398 e. The van der Waals surface area contributed by atoms with E-state index in [4.69, 9.17) is 5.73 Å². The fraction of sp³-hybridized carbons (Fsp3) is 0.154. The molecule has 0 aliphatic rings. The van der Waals surface area contributed by atoms with Crippen molar-refractivity contribution in [1.82, 2.24) is 14.9 Å². The molecule has 0 aliphatic carbocycles. The number of aromatic nitrogens is 2. The fourth-order valence-electron chi connectivity index (χ4n) is 1.48. The molecule has 5 nitrogen and oxygen atoms in total. The van der Waals surface area contributed by atoms with Gasteiger partial charge >= 0.3 is 0 Å². The monoisotopic (exact) mass is 274 g/mol. The van der Waals surface area contributed by atoms with Crippen LogP contribution in [0.2, 0.25) is 0 Å². The van der Waals surface area contributed by atoms with E-state index in [-0.39, 0.29) is 5.91 Å². The van der Waals surface area contributed by atoms with Crippen molar-refractivity contribution < 1.29 is 4.79 Å². The van der Waals surface area contributed by atoms with Crippen LogP contribution >= 0.6 is 11.8 Å². The van der Waals surface area contributed by atoms with Crippen molar-refractivity contribution in [2.75, 3.05) is 19.8 Å². The Morgan fingerprint density at radius 2 is 2.11 bits per heavy atom. The number of carbonyl (C=O) groups excluding carboxylic acids is 1. The number of nitrogen functional groups attached to an aromatic ring is 1. The highest BCUT2D eigenvalue weighted by Gasteiger charge is 2.10. The maximum absolute atomic E-state index is 11.8. The normalized spacial score (nSPS) is 10.2. The molecule has 0 saturated carbocycles. The van der Waals surface area contributed by atoms with Crippen LogP contribution in [-0.4, -0.2) is 34.9 Å². The van der Waals surface area contributed by atoms with Gasteiger partial charge in [-0.05, 0) is 18.2 Å². The van der Waals surface area contributed by atoms with Crippen LogP contribution in [0.15, 0.2) is 46.7 Å². The summed E-state index contributed by atoms with van der Waals surface area (Å²) < 4.78 is 0. The number of nitrogens with zero attached hydrogens (tertiary/aromatic N) is 3. The summed E-state index contributed by atoms with van der Waals surface area (Å²) in [5.74, 6) is -0.0669. The third-order valence-corrected chi connectivity index (χ3v) is 3.43. The van der Waals surface area contributed by atoms with Gasteiger partial charge in [0, 0.05) is 42.6 Å². The molecule has 2 aromatic rings. The Hall–Kier alpha value is -2.08. The molecule has 0 unspecified atom stereocenters. The predicted molar refractivity (Wildman–Crippen MR) is 75.0 cm³/mol. The van der Waals surface area contributed by atoms with Gasteiger partial charge in [-0.15, -0.1) is 0 Å². The van der Waals surface area contributed by atoms with Crippen molar-refractivity contribution >= 4 is 23.4 Å². The van der Waals surface area contributed by atoms with E-state index in [9.17, 15) is 4.79 Å². The number of amides is 1. The summed E-state index contributed by atoms with van der Waals surface area (Å²) >= 11 is 1.42. The third kappa shape index (κ3) is 3.23. The quantitative estimate of drug-likeness (QED) is 0.866. The van der Waals surface area contributed by atoms with Crippen LogP contribution in [0.1, 0.15) is 10.4 Å². The van der Waals surface area contributed by atoms with Gasteiger partial charge in [0.25, 0.3) is 5.91 Å². The molecule has 0 atom stereocenters. The second-order valence-corrected chi connectivity index (χ2v) is 5.16. The molecule has 0 bridgehead atoms. The van der Waals surface area contributed by atoms with E-state index in [0.29, 0.717) is 11.3 Å². The molecule has 1 heterocycles. The van der Waals surface area contributed by atoms with Crippen LogP contribution in [0.5, 0.6) is 0 Å². The molecule has 2 N–H and O–H groups in total. The zero-order valence-corrected chi connectivity index (χ0v) is 11.5. The molecule has 1 amide bonds. The third-order valence-electron chi connectivity index (χ3n) is 2.42. The average Bonchev–Trinajstić information content (AvgIpc) is 2.41. The molecule has 6 heteroatoms. The first-order valence-corrected chi connectivity index (χ1v) is 6.44. The minimum Gasteiger partial charge on any atom is -0.398 e. The molecule has 19 heavy (non-hydrogen) atoms. The van der Waals surface area contributed by atoms with E-state index in [0.717, 1.165) is 9.92 Å². The maximum atomic E-state index is 11.8. The first kappa shape index (κ1) is 13.4. The van der Waals surface area contributed by atoms with Gasteiger partial charge in [0.2, 0.25) is 0 Å². The van der Waals surface area contributed by atoms with E-state index >= 15 is 0 Å². The van der Waals surface area contributed by atoms with Crippen LogP contribution in [-0.2, 0) is 0 Å². The smallest absolute Gasteiger partial charge is 0.253 e. The number of benzene rings is 1. The first-order valence-electron chi connectivity index (χ1n) is 5.63. The standard InChI is InChI=1S/C13H14N4OS/c1-17(2)13(18)9-3-4-11(10(14)7-9)19-12-8-15-5-6-16-12/h3-8H,14H2,1-2H3. The lowest BCUT2D eigenvalue weighted by molar-refractivity contribution is 0.0827. The summed E-state index contributed by atoms with van der Waals surface area (Å²) in [6, 6.07) is 5.27. The highest BCUT2D eigenvalue weighted by Crippen LogP contribution is 2.30. The van der Waals surface area contributed by atoms with Gasteiger partial charge < -0.3 is 10.6 Å². The van der Waals surface area contributed by atoms with Crippen LogP contribution < -0.4 is 5.73 Å². The summed E-state index contributed by atoms with van der Waals surface area (Å²) in [4.78, 5) is 22.3. The van der Waals surface area contributed by atoms with Gasteiger partial charge in [-0.25, -0.2) is 4.98 Å². The van der Waals surface area contributed by atoms with Crippen molar-refractivity contribution in [1.29, 1.82) is 0 Å². The van der Waals surface area contributed by atoms with Crippen molar-refractivity contribution in [3.8, 4) is 0 Å². The molecule has 0 fully saturated rings. The molecule has 1 aromatic carbocycles. The minimum absolute atomic E-state index is 0.0669. The number of hydrogen-bond donors (Lipinski definition) is 1.